The van der Waals surface area contributed by atoms with Gasteiger partial charge in [-0.05, 0) is 18.8 Å². The molecule has 1 saturated heterocycles. The second kappa shape index (κ2) is 5.53. The quantitative estimate of drug-likeness (QED) is 0.581. The molecule has 0 bridgehead atoms. The molecule has 2 rings (SSSR count). The third kappa shape index (κ3) is 2.88. The third-order valence-corrected chi connectivity index (χ3v) is 3.53. The highest BCUT2D eigenvalue weighted by molar-refractivity contribution is 6.17. The lowest BCUT2D eigenvalue weighted by molar-refractivity contribution is -0.692. The fourth-order valence-electron chi connectivity index (χ4n) is 2.17. The maximum Gasteiger partial charge on any atom is 0.170 e. The van der Waals surface area contributed by atoms with Crippen LogP contribution in [0.2, 0.25) is 0 Å². The predicted molar refractivity (Wildman–Crippen MR) is 68.0 cm³/mol. The van der Waals surface area contributed by atoms with E-state index in [4.69, 9.17) is 11.6 Å². The first-order valence-corrected chi connectivity index (χ1v) is 6.63. The molecule has 88 valence electrons. The fourth-order valence-corrected chi connectivity index (χ4v) is 2.37. The van der Waals surface area contributed by atoms with Gasteiger partial charge in [0.2, 0.25) is 0 Å². The van der Waals surface area contributed by atoms with Gasteiger partial charge in [0, 0.05) is 30.9 Å². The van der Waals surface area contributed by atoms with Gasteiger partial charge in [0.25, 0.3) is 0 Å². The molecule has 0 N–H and O–H groups in total. The Morgan fingerprint density at radius 2 is 1.94 bits per heavy atom. The van der Waals surface area contributed by atoms with E-state index >= 15 is 0 Å². The number of aromatic nitrogens is 1. The number of alkyl halides is 1. The molecule has 0 radical (unpaired) electrons. The van der Waals surface area contributed by atoms with Gasteiger partial charge in [-0.15, -0.1) is 11.6 Å². The molecule has 1 aliphatic rings. The lowest BCUT2D eigenvalue weighted by Gasteiger charge is -2.31. The number of hydrogen-bond acceptors (Lipinski definition) is 1. The van der Waals surface area contributed by atoms with Crippen molar-refractivity contribution < 1.29 is 4.57 Å². The molecule has 0 aromatic carbocycles. The largest absolute Gasteiger partial charge is 0.371 e. The zero-order chi connectivity index (χ0) is 11.4. The Balaban J connectivity index is 1.98. The lowest BCUT2D eigenvalue weighted by Crippen LogP contribution is -2.36. The zero-order valence-corrected chi connectivity index (χ0v) is 10.7. The first-order chi connectivity index (χ1) is 7.79. The average molecular weight is 240 g/mol. The van der Waals surface area contributed by atoms with Crippen LogP contribution in [-0.4, -0.2) is 19.0 Å². The molecule has 0 saturated carbocycles. The molecule has 2 nitrogen and oxygen atoms in total. The van der Waals surface area contributed by atoms with Gasteiger partial charge in [-0.25, -0.2) is 4.57 Å². The summed E-state index contributed by atoms with van der Waals surface area (Å²) in [5.74, 6) is 1.56. The van der Waals surface area contributed by atoms with Crippen molar-refractivity contribution >= 4 is 17.3 Å². The van der Waals surface area contributed by atoms with Crippen molar-refractivity contribution in [2.24, 2.45) is 5.92 Å². The topological polar surface area (TPSA) is 7.12 Å². The van der Waals surface area contributed by atoms with Gasteiger partial charge in [-0.2, -0.15) is 0 Å². The Morgan fingerprint density at radius 3 is 2.50 bits per heavy atom. The van der Waals surface area contributed by atoms with Crippen molar-refractivity contribution in [1.29, 1.82) is 0 Å². The molecule has 0 spiro atoms. The number of pyridine rings is 1. The number of piperidine rings is 1. The fraction of sp³-hybridized carbons (Fsp3) is 0.615. The molecule has 1 aliphatic heterocycles. The first-order valence-electron chi connectivity index (χ1n) is 6.09. The van der Waals surface area contributed by atoms with Crippen LogP contribution in [0.25, 0.3) is 0 Å². The second-order valence-electron chi connectivity index (χ2n) is 4.65. The number of anilines is 1. The summed E-state index contributed by atoms with van der Waals surface area (Å²) >= 11 is 5.71. The smallest absolute Gasteiger partial charge is 0.170 e. The highest BCUT2D eigenvalue weighted by Crippen LogP contribution is 2.21. The van der Waals surface area contributed by atoms with Gasteiger partial charge in [0.05, 0.1) is 5.88 Å². The van der Waals surface area contributed by atoms with Gasteiger partial charge in [-0.1, -0.05) is 6.92 Å². The van der Waals surface area contributed by atoms with Gasteiger partial charge in [-0.3, -0.25) is 0 Å². The molecule has 0 unspecified atom stereocenters. The molecular formula is C13H20ClN2+. The summed E-state index contributed by atoms with van der Waals surface area (Å²) in [6.07, 6.45) is 6.87. The van der Waals surface area contributed by atoms with Crippen LogP contribution in [0.1, 0.15) is 19.8 Å². The first kappa shape index (κ1) is 11.7. The molecule has 0 amide bonds. The van der Waals surface area contributed by atoms with Gasteiger partial charge in [0.15, 0.2) is 18.9 Å². The summed E-state index contributed by atoms with van der Waals surface area (Å²) in [7, 11) is 0. The maximum atomic E-state index is 5.71. The molecule has 16 heavy (non-hydrogen) atoms. The third-order valence-electron chi connectivity index (χ3n) is 3.37. The predicted octanol–water partition coefficient (Wildman–Crippen LogP) is 2.45. The van der Waals surface area contributed by atoms with Crippen LogP contribution in [0.3, 0.4) is 0 Å². The number of hydrogen-bond donors (Lipinski definition) is 0. The number of nitrogens with zero attached hydrogens (tertiary/aromatic N) is 2. The number of aryl methyl sites for hydroxylation is 1. The van der Waals surface area contributed by atoms with Crippen LogP contribution < -0.4 is 9.47 Å². The Kier molecular flexibility index (Phi) is 4.05. The standard InChI is InChI=1S/C13H20ClN2/c1-12-2-9-16(10-3-12)13-4-7-15(8-5-13)11-6-14/h4-5,7-8,12H,2-3,6,9-11H2,1H3/q+1. The molecule has 1 aromatic heterocycles. The van der Waals surface area contributed by atoms with Crippen LogP contribution in [-0.2, 0) is 6.54 Å². The van der Waals surface area contributed by atoms with E-state index in [0.29, 0.717) is 5.88 Å². The SMILES string of the molecule is CC1CCN(c2cc[n+](CCCl)cc2)CC1. The van der Waals surface area contributed by atoms with E-state index in [2.05, 4.69) is 40.9 Å². The lowest BCUT2D eigenvalue weighted by atomic mass is 9.99. The van der Waals surface area contributed by atoms with E-state index in [0.717, 1.165) is 12.5 Å². The van der Waals surface area contributed by atoms with Crippen molar-refractivity contribution in [3.63, 3.8) is 0 Å². The van der Waals surface area contributed by atoms with E-state index in [1.165, 1.54) is 31.6 Å². The van der Waals surface area contributed by atoms with E-state index in [1.807, 2.05) is 0 Å². The summed E-state index contributed by atoms with van der Waals surface area (Å²) < 4.78 is 2.13. The van der Waals surface area contributed by atoms with Crippen LogP contribution in [0.5, 0.6) is 0 Å². The molecule has 2 heterocycles. The normalized spacial score (nSPS) is 17.8. The molecule has 0 atom stereocenters. The van der Waals surface area contributed by atoms with Crippen molar-refractivity contribution in [2.45, 2.75) is 26.3 Å². The van der Waals surface area contributed by atoms with Crippen molar-refractivity contribution in [3.8, 4) is 0 Å². The van der Waals surface area contributed by atoms with Crippen LogP contribution in [0.15, 0.2) is 24.5 Å². The molecule has 1 aromatic rings. The monoisotopic (exact) mass is 239 g/mol. The van der Waals surface area contributed by atoms with E-state index in [9.17, 15) is 0 Å². The summed E-state index contributed by atoms with van der Waals surface area (Å²) in [5.41, 5.74) is 1.35. The summed E-state index contributed by atoms with van der Waals surface area (Å²) in [5, 5.41) is 0. The van der Waals surface area contributed by atoms with Crippen molar-refractivity contribution in [2.75, 3.05) is 23.9 Å². The second-order valence-corrected chi connectivity index (χ2v) is 5.03. The Labute approximate surface area is 103 Å². The summed E-state index contributed by atoms with van der Waals surface area (Å²) in [6, 6.07) is 4.39. The van der Waals surface area contributed by atoms with Gasteiger partial charge in [0.1, 0.15) is 0 Å². The van der Waals surface area contributed by atoms with Gasteiger partial charge < -0.3 is 4.90 Å². The van der Waals surface area contributed by atoms with Crippen molar-refractivity contribution in [1.82, 2.24) is 0 Å². The van der Waals surface area contributed by atoms with Crippen molar-refractivity contribution in [3.05, 3.63) is 24.5 Å². The molecule has 0 aliphatic carbocycles. The number of rotatable bonds is 3. The Hall–Kier alpha value is -0.760. The highest BCUT2D eigenvalue weighted by atomic mass is 35.5. The van der Waals surface area contributed by atoms with E-state index in [-0.39, 0.29) is 0 Å². The number of halogens is 1. The molecule has 1 fully saturated rings. The van der Waals surface area contributed by atoms with E-state index in [1.54, 1.807) is 0 Å². The van der Waals surface area contributed by atoms with Crippen LogP contribution in [0, 0.1) is 5.92 Å². The maximum absolute atomic E-state index is 5.71. The minimum atomic E-state index is 0.672. The summed E-state index contributed by atoms with van der Waals surface area (Å²) in [6.45, 7) is 5.62. The Bertz CT molecular complexity index is 315. The van der Waals surface area contributed by atoms with Gasteiger partial charge >= 0.3 is 0 Å². The van der Waals surface area contributed by atoms with E-state index < -0.39 is 0 Å². The molecular weight excluding hydrogens is 220 g/mol. The minimum absolute atomic E-state index is 0.672. The highest BCUT2D eigenvalue weighted by Gasteiger charge is 2.16. The van der Waals surface area contributed by atoms with Crippen LogP contribution in [0.4, 0.5) is 5.69 Å². The average Bonchev–Trinajstić information content (AvgIpc) is 2.32. The summed E-state index contributed by atoms with van der Waals surface area (Å²) in [4.78, 5) is 2.48. The van der Waals surface area contributed by atoms with Crippen LogP contribution >= 0.6 is 11.6 Å². The zero-order valence-electron chi connectivity index (χ0n) is 9.90. The molecule has 3 heteroatoms. The Morgan fingerprint density at radius 1 is 1.31 bits per heavy atom. The minimum Gasteiger partial charge on any atom is -0.371 e.